The second-order valence-corrected chi connectivity index (χ2v) is 7.30. The molecule has 0 saturated heterocycles. The van der Waals surface area contributed by atoms with E-state index in [1.807, 2.05) is 67.6 Å². The first kappa shape index (κ1) is 18.2. The maximum Gasteiger partial charge on any atom is 0.254 e. The first-order valence-corrected chi connectivity index (χ1v) is 9.83. The van der Waals surface area contributed by atoms with Gasteiger partial charge in [-0.25, -0.2) is 0 Å². The summed E-state index contributed by atoms with van der Waals surface area (Å²) in [5.74, 6) is -0.124. The molecule has 0 radical (unpaired) electrons. The van der Waals surface area contributed by atoms with Gasteiger partial charge in [-0.1, -0.05) is 60.7 Å². The molecule has 0 saturated carbocycles. The Morgan fingerprint density at radius 2 is 1.68 bits per heavy atom. The molecule has 4 heteroatoms. The first-order chi connectivity index (χ1) is 13.6. The van der Waals surface area contributed by atoms with Gasteiger partial charge in [-0.2, -0.15) is 0 Å². The Hall–Kier alpha value is -3.14. The lowest BCUT2D eigenvalue weighted by Gasteiger charge is -2.24. The zero-order chi connectivity index (χ0) is 19.5. The van der Waals surface area contributed by atoms with E-state index in [4.69, 9.17) is 0 Å². The molecule has 1 aliphatic rings. The number of nitrogens with one attached hydrogen (secondary N) is 1. The Balaban J connectivity index is 1.80. The van der Waals surface area contributed by atoms with E-state index >= 15 is 0 Å². The van der Waals surface area contributed by atoms with Gasteiger partial charge in [0.05, 0.1) is 11.6 Å². The van der Waals surface area contributed by atoms with Crippen LogP contribution in [0.1, 0.15) is 47.4 Å². The van der Waals surface area contributed by atoms with Gasteiger partial charge in [-0.3, -0.25) is 9.59 Å². The number of carbonyl (C=O) groups is 1. The number of pyridine rings is 1. The highest BCUT2D eigenvalue weighted by atomic mass is 16.2. The fraction of sp³-hybridized carbons (Fsp3) is 0.250. The zero-order valence-corrected chi connectivity index (χ0v) is 16.0. The normalized spacial score (nSPS) is 14.2. The molecule has 4 nitrogen and oxygen atoms in total. The van der Waals surface area contributed by atoms with Gasteiger partial charge < -0.3 is 9.88 Å². The van der Waals surface area contributed by atoms with E-state index in [0.29, 0.717) is 12.1 Å². The number of fused-ring (bicyclic) bond motifs is 1. The van der Waals surface area contributed by atoms with Crippen LogP contribution < -0.4 is 10.9 Å². The van der Waals surface area contributed by atoms with Crippen LogP contribution in [0.4, 0.5) is 0 Å². The molecule has 3 aromatic rings. The van der Waals surface area contributed by atoms with Crippen LogP contribution in [0.5, 0.6) is 0 Å². The minimum atomic E-state index is -0.124. The summed E-state index contributed by atoms with van der Waals surface area (Å²) in [7, 11) is 0. The van der Waals surface area contributed by atoms with Crippen LogP contribution in [0.25, 0.3) is 11.1 Å². The summed E-state index contributed by atoms with van der Waals surface area (Å²) < 4.78 is 1.78. The number of aromatic nitrogens is 1. The third-order valence-electron chi connectivity index (χ3n) is 5.42. The highest BCUT2D eigenvalue weighted by Gasteiger charge is 2.25. The van der Waals surface area contributed by atoms with E-state index in [9.17, 15) is 9.59 Å². The average Bonchev–Trinajstić information content (AvgIpc) is 2.75. The molecule has 1 aromatic heterocycles. The van der Waals surface area contributed by atoms with Crippen LogP contribution in [0.3, 0.4) is 0 Å². The number of amides is 1. The van der Waals surface area contributed by atoms with E-state index in [1.165, 1.54) is 0 Å². The van der Waals surface area contributed by atoms with Gasteiger partial charge in [-0.15, -0.1) is 0 Å². The van der Waals surface area contributed by atoms with Gasteiger partial charge in [0.1, 0.15) is 0 Å². The largest absolute Gasteiger partial charge is 0.345 e. The van der Waals surface area contributed by atoms with E-state index in [1.54, 1.807) is 10.6 Å². The van der Waals surface area contributed by atoms with Crippen LogP contribution >= 0.6 is 0 Å². The van der Waals surface area contributed by atoms with Gasteiger partial charge >= 0.3 is 0 Å². The number of benzene rings is 2. The number of rotatable bonds is 4. The Kier molecular flexibility index (Phi) is 5.11. The molecule has 142 valence electrons. The Labute approximate surface area is 164 Å². The Morgan fingerprint density at radius 1 is 1.00 bits per heavy atom. The standard InChI is InChI=1S/C24H24N2O2/c1-17(18-10-4-2-5-11-18)25-24(28)23-20(19-12-6-3-7-13-19)16-22(27)26-15-9-8-14-21(23)26/h2-7,10-13,16-17H,8-9,14-15H2,1H3,(H,25,28). The smallest absolute Gasteiger partial charge is 0.254 e. The van der Waals surface area contributed by atoms with Crippen LogP contribution in [0.15, 0.2) is 71.5 Å². The predicted molar refractivity (Wildman–Crippen MR) is 111 cm³/mol. The van der Waals surface area contributed by atoms with Crippen LogP contribution in [-0.2, 0) is 13.0 Å². The molecule has 2 heterocycles. The summed E-state index contributed by atoms with van der Waals surface area (Å²) in [6, 6.07) is 21.1. The van der Waals surface area contributed by atoms with E-state index in [-0.39, 0.29) is 17.5 Å². The minimum absolute atomic E-state index is 0.0267. The monoisotopic (exact) mass is 372 g/mol. The Morgan fingerprint density at radius 3 is 2.39 bits per heavy atom. The van der Waals surface area contributed by atoms with Crippen molar-refractivity contribution in [2.75, 3.05) is 0 Å². The van der Waals surface area contributed by atoms with E-state index in [2.05, 4.69) is 5.32 Å². The van der Waals surface area contributed by atoms with Gasteiger partial charge in [-0.05, 0) is 37.3 Å². The molecule has 2 aromatic carbocycles. The summed E-state index contributed by atoms with van der Waals surface area (Å²) in [4.78, 5) is 26.1. The number of hydrogen-bond donors (Lipinski definition) is 1. The molecular weight excluding hydrogens is 348 g/mol. The highest BCUT2D eigenvalue weighted by Crippen LogP contribution is 2.28. The fourth-order valence-electron chi connectivity index (χ4n) is 3.96. The lowest BCUT2D eigenvalue weighted by atomic mass is 9.93. The molecule has 1 unspecified atom stereocenters. The highest BCUT2D eigenvalue weighted by molar-refractivity contribution is 6.02. The first-order valence-electron chi connectivity index (χ1n) is 9.83. The van der Waals surface area contributed by atoms with E-state index in [0.717, 1.165) is 41.6 Å². The molecule has 4 rings (SSSR count). The Bertz CT molecular complexity index is 1040. The SMILES string of the molecule is CC(NC(=O)c1c(-c2ccccc2)cc(=O)n2c1CCCC2)c1ccccc1. The second kappa shape index (κ2) is 7.85. The van der Waals surface area contributed by atoms with Crippen molar-refractivity contribution in [3.05, 3.63) is 93.9 Å². The maximum absolute atomic E-state index is 13.4. The third-order valence-corrected chi connectivity index (χ3v) is 5.42. The van der Waals surface area contributed by atoms with Crippen molar-refractivity contribution in [1.29, 1.82) is 0 Å². The summed E-state index contributed by atoms with van der Waals surface area (Å²) in [6.07, 6.45) is 2.71. The van der Waals surface area contributed by atoms with Gasteiger partial charge in [0.2, 0.25) is 0 Å². The second-order valence-electron chi connectivity index (χ2n) is 7.30. The lowest BCUT2D eigenvalue weighted by molar-refractivity contribution is 0.0938. The van der Waals surface area contributed by atoms with E-state index < -0.39 is 0 Å². The summed E-state index contributed by atoms with van der Waals surface area (Å²) in [5, 5.41) is 3.14. The molecule has 0 fully saturated rings. The maximum atomic E-state index is 13.4. The van der Waals surface area contributed by atoms with Crippen molar-refractivity contribution in [3.8, 4) is 11.1 Å². The molecule has 1 N–H and O–H groups in total. The topological polar surface area (TPSA) is 51.1 Å². The van der Waals surface area contributed by atoms with Crippen molar-refractivity contribution in [2.45, 2.75) is 38.8 Å². The van der Waals surface area contributed by atoms with Gasteiger partial charge in [0.15, 0.2) is 0 Å². The number of hydrogen-bond acceptors (Lipinski definition) is 2. The van der Waals surface area contributed by atoms with Crippen molar-refractivity contribution in [2.24, 2.45) is 0 Å². The molecule has 0 spiro atoms. The van der Waals surface area contributed by atoms with Gasteiger partial charge in [0, 0.05) is 23.9 Å². The van der Waals surface area contributed by atoms with Crippen molar-refractivity contribution < 1.29 is 4.79 Å². The molecule has 1 amide bonds. The van der Waals surface area contributed by atoms with Crippen molar-refractivity contribution in [3.63, 3.8) is 0 Å². The number of carbonyl (C=O) groups excluding carboxylic acids is 1. The fourth-order valence-corrected chi connectivity index (χ4v) is 3.96. The molecule has 0 bridgehead atoms. The van der Waals surface area contributed by atoms with Crippen LogP contribution in [0, 0.1) is 0 Å². The summed E-state index contributed by atoms with van der Waals surface area (Å²) >= 11 is 0. The molecule has 1 atom stereocenters. The van der Waals surface area contributed by atoms with Gasteiger partial charge in [0.25, 0.3) is 11.5 Å². The zero-order valence-electron chi connectivity index (χ0n) is 16.0. The van der Waals surface area contributed by atoms with Crippen LogP contribution in [-0.4, -0.2) is 10.5 Å². The number of nitrogens with zero attached hydrogens (tertiary/aromatic N) is 1. The predicted octanol–water partition coefficient (Wildman–Crippen LogP) is 4.34. The van der Waals surface area contributed by atoms with Crippen molar-refractivity contribution >= 4 is 5.91 Å². The van der Waals surface area contributed by atoms with Crippen LogP contribution in [0.2, 0.25) is 0 Å². The summed E-state index contributed by atoms with van der Waals surface area (Å²) in [6.45, 7) is 2.66. The lowest BCUT2D eigenvalue weighted by Crippen LogP contribution is -2.34. The van der Waals surface area contributed by atoms with Crippen molar-refractivity contribution in [1.82, 2.24) is 9.88 Å². The molecule has 28 heavy (non-hydrogen) atoms. The minimum Gasteiger partial charge on any atom is -0.345 e. The molecule has 0 aliphatic carbocycles. The third kappa shape index (κ3) is 3.50. The molecule has 1 aliphatic heterocycles. The molecular formula is C24H24N2O2. The average molecular weight is 372 g/mol. The quantitative estimate of drug-likeness (QED) is 0.740. The summed E-state index contributed by atoms with van der Waals surface area (Å²) in [5.41, 5.74) is 4.13.